The van der Waals surface area contributed by atoms with Gasteiger partial charge < -0.3 is 10.0 Å². The first-order valence-corrected chi connectivity index (χ1v) is 5.47. The first kappa shape index (κ1) is 12.7. The lowest BCUT2D eigenvalue weighted by molar-refractivity contribution is 0.0690. The molecule has 0 fully saturated rings. The lowest BCUT2D eigenvalue weighted by Gasteiger charge is -2.16. The molecule has 0 bridgehead atoms. The zero-order chi connectivity index (χ0) is 13.8. The summed E-state index contributed by atoms with van der Waals surface area (Å²) in [5.74, 6) is -1.34. The van der Waals surface area contributed by atoms with E-state index in [-0.39, 0.29) is 11.6 Å². The summed E-state index contributed by atoms with van der Waals surface area (Å²) in [4.78, 5) is 31.8. The number of pyridine rings is 2. The van der Waals surface area contributed by atoms with Crippen LogP contribution in [0.1, 0.15) is 20.8 Å². The Labute approximate surface area is 109 Å². The van der Waals surface area contributed by atoms with E-state index in [1.54, 1.807) is 25.4 Å². The summed E-state index contributed by atoms with van der Waals surface area (Å²) < 4.78 is 0. The van der Waals surface area contributed by atoms with Crippen LogP contribution in [0.2, 0.25) is 0 Å². The van der Waals surface area contributed by atoms with Crippen molar-refractivity contribution in [2.75, 3.05) is 11.9 Å². The van der Waals surface area contributed by atoms with E-state index in [4.69, 9.17) is 5.11 Å². The summed E-state index contributed by atoms with van der Waals surface area (Å²) in [5.41, 5.74) is 0.900. The van der Waals surface area contributed by atoms with Gasteiger partial charge in [-0.3, -0.25) is 9.78 Å². The SMILES string of the molecule is CN(C(=O)c1cccnc1)c1ccc(C(=O)O)nc1. The first-order valence-electron chi connectivity index (χ1n) is 5.47. The first-order chi connectivity index (χ1) is 9.09. The van der Waals surface area contributed by atoms with Crippen molar-refractivity contribution in [3.63, 3.8) is 0 Å². The molecule has 0 saturated heterocycles. The van der Waals surface area contributed by atoms with Crippen LogP contribution in [-0.4, -0.2) is 34.0 Å². The molecule has 2 heterocycles. The molecule has 0 aliphatic carbocycles. The predicted octanol–water partition coefficient (Wildman–Crippen LogP) is 1.45. The molecule has 6 heteroatoms. The molecule has 19 heavy (non-hydrogen) atoms. The molecule has 2 aromatic rings. The van der Waals surface area contributed by atoms with Crippen LogP contribution in [-0.2, 0) is 0 Å². The van der Waals surface area contributed by atoms with Crippen molar-refractivity contribution in [2.45, 2.75) is 0 Å². The third-order valence-electron chi connectivity index (χ3n) is 2.57. The number of carboxylic acids is 1. The van der Waals surface area contributed by atoms with Crippen LogP contribution in [0.5, 0.6) is 0 Å². The quantitative estimate of drug-likeness (QED) is 0.899. The molecule has 0 atom stereocenters. The minimum absolute atomic E-state index is 0.0639. The monoisotopic (exact) mass is 257 g/mol. The van der Waals surface area contributed by atoms with Crippen LogP contribution in [0.25, 0.3) is 0 Å². The lowest BCUT2D eigenvalue weighted by Crippen LogP contribution is -2.26. The highest BCUT2D eigenvalue weighted by atomic mass is 16.4. The highest BCUT2D eigenvalue weighted by molar-refractivity contribution is 6.05. The molecule has 6 nitrogen and oxygen atoms in total. The molecule has 0 unspecified atom stereocenters. The van der Waals surface area contributed by atoms with Gasteiger partial charge in [-0.2, -0.15) is 0 Å². The largest absolute Gasteiger partial charge is 0.477 e. The summed E-state index contributed by atoms with van der Waals surface area (Å²) in [6.07, 6.45) is 4.40. The van der Waals surface area contributed by atoms with Crippen molar-refractivity contribution >= 4 is 17.6 Å². The molecule has 0 saturated carbocycles. The van der Waals surface area contributed by atoms with Crippen molar-refractivity contribution < 1.29 is 14.7 Å². The molecule has 2 rings (SSSR count). The van der Waals surface area contributed by atoms with Gasteiger partial charge in [-0.15, -0.1) is 0 Å². The standard InChI is InChI=1S/C13H11N3O3/c1-16(12(17)9-3-2-6-14-7-9)10-4-5-11(13(18)19)15-8-10/h2-8H,1H3,(H,18,19). The topological polar surface area (TPSA) is 83.4 Å². The van der Waals surface area contributed by atoms with Crippen molar-refractivity contribution in [1.29, 1.82) is 0 Å². The molecule has 1 amide bonds. The van der Waals surface area contributed by atoms with Gasteiger partial charge in [0.15, 0.2) is 0 Å². The molecule has 0 aromatic carbocycles. The van der Waals surface area contributed by atoms with Gasteiger partial charge >= 0.3 is 5.97 Å². The molecular formula is C13H11N3O3. The van der Waals surface area contributed by atoms with Gasteiger partial charge in [-0.25, -0.2) is 9.78 Å². The maximum absolute atomic E-state index is 12.1. The van der Waals surface area contributed by atoms with Gasteiger partial charge in [0.2, 0.25) is 0 Å². The Morgan fingerprint density at radius 1 is 1.21 bits per heavy atom. The van der Waals surface area contributed by atoms with E-state index in [2.05, 4.69) is 9.97 Å². The predicted molar refractivity (Wildman–Crippen MR) is 68.2 cm³/mol. The molecule has 96 valence electrons. The average Bonchev–Trinajstić information content (AvgIpc) is 2.46. The maximum atomic E-state index is 12.1. The van der Waals surface area contributed by atoms with E-state index in [1.807, 2.05) is 0 Å². The van der Waals surface area contributed by atoms with Crippen molar-refractivity contribution in [3.05, 3.63) is 54.1 Å². The third kappa shape index (κ3) is 2.74. The second kappa shape index (κ2) is 5.26. The molecule has 2 aromatic heterocycles. The Morgan fingerprint density at radius 3 is 2.53 bits per heavy atom. The van der Waals surface area contributed by atoms with Gasteiger partial charge in [-0.1, -0.05) is 0 Å². The molecule has 1 N–H and O–H groups in total. The van der Waals surface area contributed by atoms with E-state index in [0.717, 1.165) is 0 Å². The number of hydrogen-bond acceptors (Lipinski definition) is 4. The number of hydrogen-bond donors (Lipinski definition) is 1. The fourth-order valence-electron chi connectivity index (χ4n) is 1.51. The van der Waals surface area contributed by atoms with Crippen LogP contribution in [0.15, 0.2) is 42.9 Å². The second-order valence-corrected chi connectivity index (χ2v) is 3.81. The number of carbonyl (C=O) groups is 2. The van der Waals surface area contributed by atoms with E-state index < -0.39 is 5.97 Å². The highest BCUT2D eigenvalue weighted by Crippen LogP contribution is 2.14. The Bertz CT molecular complexity index is 596. The Hall–Kier alpha value is -2.76. The number of carbonyl (C=O) groups excluding carboxylic acids is 1. The fourth-order valence-corrected chi connectivity index (χ4v) is 1.51. The van der Waals surface area contributed by atoms with E-state index in [0.29, 0.717) is 11.3 Å². The number of carboxylic acid groups (broad SMARTS) is 1. The Morgan fingerprint density at radius 2 is 2.00 bits per heavy atom. The summed E-state index contributed by atoms with van der Waals surface area (Å²) in [7, 11) is 1.59. The van der Waals surface area contributed by atoms with E-state index >= 15 is 0 Å². The molecule has 0 aliphatic heterocycles. The number of nitrogens with zero attached hydrogens (tertiary/aromatic N) is 3. The van der Waals surface area contributed by atoms with Crippen LogP contribution >= 0.6 is 0 Å². The third-order valence-corrected chi connectivity index (χ3v) is 2.57. The van der Waals surface area contributed by atoms with E-state index in [9.17, 15) is 9.59 Å². The average molecular weight is 257 g/mol. The Kier molecular flexibility index (Phi) is 3.51. The summed E-state index contributed by atoms with van der Waals surface area (Å²) in [6, 6.07) is 6.22. The summed E-state index contributed by atoms with van der Waals surface area (Å²) in [6.45, 7) is 0. The molecule has 0 spiro atoms. The number of anilines is 1. The molecule has 0 radical (unpaired) electrons. The minimum Gasteiger partial charge on any atom is -0.477 e. The smallest absolute Gasteiger partial charge is 0.354 e. The summed E-state index contributed by atoms with van der Waals surface area (Å²) in [5, 5.41) is 8.75. The minimum atomic E-state index is -1.10. The summed E-state index contributed by atoms with van der Waals surface area (Å²) >= 11 is 0. The van der Waals surface area contributed by atoms with Gasteiger partial charge in [0.05, 0.1) is 17.4 Å². The lowest BCUT2D eigenvalue weighted by atomic mass is 10.2. The van der Waals surface area contributed by atoms with Gasteiger partial charge in [0.25, 0.3) is 5.91 Å². The zero-order valence-corrected chi connectivity index (χ0v) is 10.1. The van der Waals surface area contributed by atoms with Gasteiger partial charge in [0.1, 0.15) is 5.69 Å². The Balaban J connectivity index is 2.22. The van der Waals surface area contributed by atoms with Crippen LogP contribution in [0.4, 0.5) is 5.69 Å². The van der Waals surface area contributed by atoms with Crippen molar-refractivity contribution in [3.8, 4) is 0 Å². The second-order valence-electron chi connectivity index (χ2n) is 3.81. The fraction of sp³-hybridized carbons (Fsp3) is 0.0769. The van der Waals surface area contributed by atoms with Gasteiger partial charge in [-0.05, 0) is 24.3 Å². The normalized spacial score (nSPS) is 9.95. The highest BCUT2D eigenvalue weighted by Gasteiger charge is 2.14. The molecule has 0 aliphatic rings. The number of amides is 1. The molecular weight excluding hydrogens is 246 g/mol. The number of rotatable bonds is 3. The number of aromatic nitrogens is 2. The van der Waals surface area contributed by atoms with Crippen LogP contribution < -0.4 is 4.90 Å². The van der Waals surface area contributed by atoms with Crippen LogP contribution in [0.3, 0.4) is 0 Å². The maximum Gasteiger partial charge on any atom is 0.354 e. The van der Waals surface area contributed by atoms with Crippen molar-refractivity contribution in [2.24, 2.45) is 0 Å². The van der Waals surface area contributed by atoms with Crippen molar-refractivity contribution in [1.82, 2.24) is 9.97 Å². The van der Waals surface area contributed by atoms with E-state index in [1.165, 1.54) is 29.4 Å². The van der Waals surface area contributed by atoms with Crippen LogP contribution in [0, 0.1) is 0 Å². The number of aromatic carboxylic acids is 1. The van der Waals surface area contributed by atoms with Gasteiger partial charge in [0, 0.05) is 19.4 Å². The zero-order valence-electron chi connectivity index (χ0n) is 10.1.